The van der Waals surface area contributed by atoms with Crippen LogP contribution in [0.5, 0.6) is 0 Å². The van der Waals surface area contributed by atoms with E-state index in [1.54, 1.807) is 11.1 Å². The van der Waals surface area contributed by atoms with E-state index in [0.29, 0.717) is 0 Å². The van der Waals surface area contributed by atoms with Crippen molar-refractivity contribution in [3.63, 3.8) is 0 Å². The van der Waals surface area contributed by atoms with Crippen molar-refractivity contribution >= 4 is 0 Å². The van der Waals surface area contributed by atoms with Gasteiger partial charge >= 0.3 is 0 Å². The quantitative estimate of drug-likeness (QED) is 0.612. The number of rotatable bonds is 0. The van der Waals surface area contributed by atoms with Gasteiger partial charge in [-0.3, -0.25) is 0 Å². The Morgan fingerprint density at radius 3 is 2.75 bits per heavy atom. The van der Waals surface area contributed by atoms with Crippen LogP contribution in [0.3, 0.4) is 0 Å². The molecule has 2 saturated carbocycles. The second-order valence-corrected chi connectivity index (χ2v) is 6.41. The minimum Gasteiger partial charge on any atom is -0.0622 e. The SMILES string of the molecule is C[C@@H]1[C@@H]2[C@@H]3c4ccccc4CC3[C@@H]2C[C@@H]1C. The van der Waals surface area contributed by atoms with E-state index in [9.17, 15) is 0 Å². The van der Waals surface area contributed by atoms with Gasteiger partial charge in [-0.25, -0.2) is 0 Å². The zero-order chi connectivity index (χ0) is 10.9. The molecule has 2 fully saturated rings. The fourth-order valence-electron chi connectivity index (χ4n) is 5.05. The molecule has 0 saturated heterocycles. The minimum atomic E-state index is 0.932. The van der Waals surface area contributed by atoms with Gasteiger partial charge in [-0.2, -0.15) is 0 Å². The van der Waals surface area contributed by atoms with Gasteiger partial charge in [0.25, 0.3) is 0 Å². The molecule has 0 bridgehead atoms. The summed E-state index contributed by atoms with van der Waals surface area (Å²) in [5, 5.41) is 0. The molecule has 0 aliphatic heterocycles. The second-order valence-electron chi connectivity index (χ2n) is 6.41. The van der Waals surface area contributed by atoms with Crippen LogP contribution in [0.4, 0.5) is 0 Å². The highest BCUT2D eigenvalue weighted by Gasteiger charge is 2.59. The van der Waals surface area contributed by atoms with E-state index in [4.69, 9.17) is 0 Å². The second kappa shape index (κ2) is 2.91. The van der Waals surface area contributed by atoms with Gasteiger partial charge in [-0.05, 0) is 59.5 Å². The van der Waals surface area contributed by atoms with Crippen LogP contribution < -0.4 is 0 Å². The Bertz CT molecular complexity index is 433. The molecule has 0 nitrogen and oxygen atoms in total. The molecule has 0 radical (unpaired) electrons. The molecule has 84 valence electrons. The summed E-state index contributed by atoms with van der Waals surface area (Å²) in [6, 6.07) is 9.20. The summed E-state index contributed by atoms with van der Waals surface area (Å²) in [6.45, 7) is 4.96. The predicted molar refractivity (Wildman–Crippen MR) is 66.3 cm³/mol. The molecule has 0 spiro atoms. The zero-order valence-electron chi connectivity index (χ0n) is 10.2. The highest BCUT2D eigenvalue weighted by atomic mass is 14.6. The van der Waals surface area contributed by atoms with E-state index in [2.05, 4.69) is 38.1 Å². The van der Waals surface area contributed by atoms with Crippen LogP contribution in [0.15, 0.2) is 24.3 Å². The number of benzene rings is 1. The van der Waals surface area contributed by atoms with Crippen LogP contribution in [0, 0.1) is 29.6 Å². The number of hydrogen-bond donors (Lipinski definition) is 0. The maximum atomic E-state index is 2.49. The Morgan fingerprint density at radius 1 is 1.06 bits per heavy atom. The average molecular weight is 212 g/mol. The first-order chi connectivity index (χ1) is 7.77. The molecule has 6 atom stereocenters. The van der Waals surface area contributed by atoms with Crippen LogP contribution in [-0.4, -0.2) is 0 Å². The van der Waals surface area contributed by atoms with Crippen LogP contribution in [-0.2, 0) is 6.42 Å². The Balaban J connectivity index is 1.75. The molecule has 0 heterocycles. The summed E-state index contributed by atoms with van der Waals surface area (Å²) in [4.78, 5) is 0. The van der Waals surface area contributed by atoms with E-state index in [1.165, 1.54) is 12.8 Å². The molecule has 3 aliphatic carbocycles. The normalized spacial score (nSPS) is 48.1. The standard InChI is InChI=1S/C16H20/c1-9-7-13-14-8-11-5-3-4-6-12(11)16(14)15(13)10(9)2/h3-6,9-10,13-16H,7-8H2,1-2H3/t9-,10-,13-,14?,15-,16+/m0/s1. The summed E-state index contributed by atoms with van der Waals surface area (Å²) in [6.07, 6.45) is 2.88. The summed E-state index contributed by atoms with van der Waals surface area (Å²) in [5.74, 6) is 5.94. The summed E-state index contributed by atoms with van der Waals surface area (Å²) in [5.41, 5.74) is 3.36. The Labute approximate surface area is 98.1 Å². The topological polar surface area (TPSA) is 0 Å². The van der Waals surface area contributed by atoms with Crippen molar-refractivity contribution in [2.45, 2.75) is 32.6 Å². The lowest BCUT2D eigenvalue weighted by atomic mass is 9.57. The summed E-state index contributed by atoms with van der Waals surface area (Å²) in [7, 11) is 0. The zero-order valence-corrected chi connectivity index (χ0v) is 10.2. The maximum absolute atomic E-state index is 2.49. The van der Waals surface area contributed by atoms with E-state index in [1.807, 2.05) is 0 Å². The van der Waals surface area contributed by atoms with Gasteiger partial charge < -0.3 is 0 Å². The monoisotopic (exact) mass is 212 g/mol. The maximum Gasteiger partial charge on any atom is -0.00912 e. The molecular weight excluding hydrogens is 192 g/mol. The Kier molecular flexibility index (Phi) is 1.69. The van der Waals surface area contributed by atoms with Gasteiger partial charge in [0.2, 0.25) is 0 Å². The van der Waals surface area contributed by atoms with Crippen molar-refractivity contribution in [1.29, 1.82) is 0 Å². The van der Waals surface area contributed by atoms with E-state index < -0.39 is 0 Å². The van der Waals surface area contributed by atoms with Gasteiger partial charge in [0.1, 0.15) is 0 Å². The smallest absolute Gasteiger partial charge is 0.00912 e. The van der Waals surface area contributed by atoms with Crippen LogP contribution in [0.2, 0.25) is 0 Å². The van der Waals surface area contributed by atoms with Crippen LogP contribution >= 0.6 is 0 Å². The van der Waals surface area contributed by atoms with Crippen molar-refractivity contribution in [3.8, 4) is 0 Å². The first kappa shape index (κ1) is 9.27. The third-order valence-corrected chi connectivity index (χ3v) is 5.94. The van der Waals surface area contributed by atoms with E-state index >= 15 is 0 Å². The fourth-order valence-corrected chi connectivity index (χ4v) is 5.05. The largest absolute Gasteiger partial charge is 0.0622 e. The summed E-state index contributed by atoms with van der Waals surface area (Å²) < 4.78 is 0. The van der Waals surface area contributed by atoms with Crippen LogP contribution in [0.1, 0.15) is 37.3 Å². The van der Waals surface area contributed by atoms with Crippen molar-refractivity contribution in [2.24, 2.45) is 29.6 Å². The molecule has 1 unspecified atom stereocenters. The highest BCUT2D eigenvalue weighted by Crippen LogP contribution is 2.67. The lowest BCUT2D eigenvalue weighted by molar-refractivity contribution is 0.0515. The third-order valence-electron chi connectivity index (χ3n) is 5.94. The molecule has 1 aromatic carbocycles. The molecule has 0 heteroatoms. The van der Waals surface area contributed by atoms with Gasteiger partial charge in [-0.1, -0.05) is 38.1 Å². The van der Waals surface area contributed by atoms with Crippen molar-refractivity contribution in [1.82, 2.24) is 0 Å². The first-order valence-corrected chi connectivity index (χ1v) is 6.85. The van der Waals surface area contributed by atoms with Gasteiger partial charge in [0.15, 0.2) is 0 Å². The van der Waals surface area contributed by atoms with Gasteiger partial charge in [-0.15, -0.1) is 0 Å². The molecule has 16 heavy (non-hydrogen) atoms. The third kappa shape index (κ3) is 0.924. The number of hydrogen-bond acceptors (Lipinski definition) is 0. The molecule has 0 N–H and O–H groups in total. The first-order valence-electron chi connectivity index (χ1n) is 6.85. The molecule has 4 rings (SSSR count). The molecule has 3 aliphatic rings. The summed E-state index contributed by atoms with van der Waals surface area (Å²) >= 11 is 0. The van der Waals surface area contributed by atoms with E-state index in [0.717, 1.165) is 35.5 Å². The van der Waals surface area contributed by atoms with Gasteiger partial charge in [0.05, 0.1) is 0 Å². The van der Waals surface area contributed by atoms with Crippen molar-refractivity contribution in [2.75, 3.05) is 0 Å². The Morgan fingerprint density at radius 2 is 1.88 bits per heavy atom. The average Bonchev–Trinajstić information content (AvgIpc) is 2.72. The molecular formula is C16H20. The fraction of sp³-hybridized carbons (Fsp3) is 0.625. The lowest BCUT2D eigenvalue weighted by Crippen LogP contribution is -2.41. The van der Waals surface area contributed by atoms with Crippen molar-refractivity contribution < 1.29 is 0 Å². The van der Waals surface area contributed by atoms with Crippen molar-refractivity contribution in [3.05, 3.63) is 35.4 Å². The van der Waals surface area contributed by atoms with Crippen LogP contribution in [0.25, 0.3) is 0 Å². The van der Waals surface area contributed by atoms with Gasteiger partial charge in [0, 0.05) is 0 Å². The Hall–Kier alpha value is -0.780. The minimum absolute atomic E-state index is 0.932. The molecule has 1 aromatic rings. The van der Waals surface area contributed by atoms with E-state index in [-0.39, 0.29) is 0 Å². The molecule has 0 amide bonds. The lowest BCUT2D eigenvalue weighted by Gasteiger charge is -2.47. The molecule has 0 aromatic heterocycles. The highest BCUT2D eigenvalue weighted by molar-refractivity contribution is 5.41. The predicted octanol–water partition coefficient (Wildman–Crippen LogP) is 3.86. The number of fused-ring (bicyclic) bond motifs is 6.